The normalized spacial score (nSPS) is 15.0. The van der Waals surface area contributed by atoms with E-state index in [4.69, 9.17) is 0 Å². The fourth-order valence-corrected chi connectivity index (χ4v) is 5.27. The standard InChI is InChI=1S/C25H27FN6O5S/c26-20-15-17(7-8-22(20)32-13-9-18(10-14-32)30-25-27-11-4-12-28-25)23(33)29-16-21(24(34)35)31-38(36,37)19-5-2-1-3-6-19/h1-8,11-12,15,18,21,31H,9-10,13-14,16H2,(H,29,33)(H,34,35)(H,27,28,30)/t21-/m0/s1. The maximum Gasteiger partial charge on any atom is 0.323 e. The molecule has 0 spiro atoms. The van der Waals surface area contributed by atoms with E-state index in [1.165, 1.54) is 36.4 Å². The van der Waals surface area contributed by atoms with Crippen LogP contribution in [0.25, 0.3) is 0 Å². The number of hydrogen-bond donors (Lipinski definition) is 4. The van der Waals surface area contributed by atoms with Gasteiger partial charge in [0.05, 0.1) is 10.6 Å². The summed E-state index contributed by atoms with van der Waals surface area (Å²) in [4.78, 5) is 34.3. The fraction of sp³-hybridized carbons (Fsp3) is 0.280. The van der Waals surface area contributed by atoms with E-state index in [9.17, 15) is 27.5 Å². The lowest BCUT2D eigenvalue weighted by Crippen LogP contribution is -2.48. The monoisotopic (exact) mass is 542 g/mol. The number of amides is 1. The van der Waals surface area contributed by atoms with Crippen LogP contribution in [0.15, 0.2) is 71.9 Å². The number of benzene rings is 2. The largest absolute Gasteiger partial charge is 0.480 e. The Morgan fingerprint density at radius 2 is 1.74 bits per heavy atom. The van der Waals surface area contributed by atoms with E-state index in [2.05, 4.69) is 25.3 Å². The van der Waals surface area contributed by atoms with Crippen LogP contribution in [0.4, 0.5) is 16.0 Å². The molecular weight excluding hydrogens is 515 g/mol. The van der Waals surface area contributed by atoms with Gasteiger partial charge in [-0.1, -0.05) is 18.2 Å². The summed E-state index contributed by atoms with van der Waals surface area (Å²) in [6, 6.07) is 11.6. The first-order valence-electron chi connectivity index (χ1n) is 11.9. The third-order valence-electron chi connectivity index (χ3n) is 6.06. The molecule has 4 N–H and O–H groups in total. The third-order valence-corrected chi connectivity index (χ3v) is 7.55. The van der Waals surface area contributed by atoms with E-state index in [1.807, 2.05) is 4.90 Å². The van der Waals surface area contributed by atoms with Gasteiger partial charge in [-0.2, -0.15) is 4.72 Å². The first-order valence-corrected chi connectivity index (χ1v) is 13.4. The summed E-state index contributed by atoms with van der Waals surface area (Å²) in [7, 11) is -4.12. The van der Waals surface area contributed by atoms with Gasteiger partial charge in [-0.25, -0.2) is 22.8 Å². The van der Waals surface area contributed by atoms with E-state index in [0.29, 0.717) is 24.7 Å². The lowest BCUT2D eigenvalue weighted by Gasteiger charge is -2.34. The SMILES string of the molecule is O=C(NC[C@H](NS(=O)(=O)c1ccccc1)C(=O)O)c1ccc(N2CCC(Nc3ncccn3)CC2)c(F)c1. The molecule has 0 unspecified atom stereocenters. The van der Waals surface area contributed by atoms with Gasteiger partial charge in [0.15, 0.2) is 0 Å². The van der Waals surface area contributed by atoms with Crippen LogP contribution in [0.2, 0.25) is 0 Å². The summed E-state index contributed by atoms with van der Waals surface area (Å²) in [5.74, 6) is -2.24. The molecule has 1 aliphatic heterocycles. The topological polar surface area (TPSA) is 154 Å². The van der Waals surface area contributed by atoms with Crippen molar-refractivity contribution in [2.24, 2.45) is 0 Å². The van der Waals surface area contributed by atoms with Gasteiger partial charge in [-0.15, -0.1) is 0 Å². The van der Waals surface area contributed by atoms with Gasteiger partial charge in [-0.05, 0) is 49.2 Å². The number of rotatable bonds is 10. The predicted molar refractivity (Wildman–Crippen MR) is 138 cm³/mol. The number of sulfonamides is 1. The molecule has 0 aliphatic carbocycles. The Morgan fingerprint density at radius 3 is 2.37 bits per heavy atom. The number of anilines is 2. The Labute approximate surface area is 219 Å². The molecule has 2 heterocycles. The van der Waals surface area contributed by atoms with Gasteiger partial charge in [0.25, 0.3) is 5.91 Å². The second kappa shape index (κ2) is 12.0. The minimum absolute atomic E-state index is 0.0147. The molecule has 1 amide bonds. The number of carbonyl (C=O) groups excluding carboxylic acids is 1. The third kappa shape index (κ3) is 6.81. The van der Waals surface area contributed by atoms with Crippen molar-refractivity contribution in [1.82, 2.24) is 20.0 Å². The molecule has 1 aliphatic rings. The lowest BCUT2D eigenvalue weighted by atomic mass is 10.0. The number of aliphatic carboxylic acids is 1. The molecule has 3 aromatic rings. The van der Waals surface area contributed by atoms with Crippen LogP contribution in [0.1, 0.15) is 23.2 Å². The summed E-state index contributed by atoms with van der Waals surface area (Å²) in [6.45, 7) is 0.652. The first-order chi connectivity index (χ1) is 18.2. The Hall–Kier alpha value is -4.10. The predicted octanol–water partition coefficient (Wildman–Crippen LogP) is 1.86. The molecule has 1 atom stereocenters. The molecule has 2 aromatic carbocycles. The number of piperidine rings is 1. The highest BCUT2D eigenvalue weighted by Gasteiger charge is 2.27. The van der Waals surface area contributed by atoms with Gasteiger partial charge in [-0.3, -0.25) is 9.59 Å². The zero-order chi connectivity index (χ0) is 27.1. The van der Waals surface area contributed by atoms with Crippen molar-refractivity contribution in [3.63, 3.8) is 0 Å². The average Bonchev–Trinajstić information content (AvgIpc) is 2.92. The maximum absolute atomic E-state index is 14.9. The minimum Gasteiger partial charge on any atom is -0.480 e. The Balaban J connectivity index is 1.33. The summed E-state index contributed by atoms with van der Waals surface area (Å²) < 4.78 is 41.9. The number of carboxylic acids is 1. The van der Waals surface area contributed by atoms with Crippen molar-refractivity contribution in [2.75, 3.05) is 29.9 Å². The fourth-order valence-electron chi connectivity index (χ4n) is 4.06. The van der Waals surface area contributed by atoms with Gasteiger partial charge < -0.3 is 20.6 Å². The van der Waals surface area contributed by atoms with E-state index in [0.717, 1.165) is 18.9 Å². The van der Waals surface area contributed by atoms with Crippen LogP contribution >= 0.6 is 0 Å². The van der Waals surface area contributed by atoms with Crippen molar-refractivity contribution in [3.8, 4) is 0 Å². The molecule has 0 radical (unpaired) electrons. The van der Waals surface area contributed by atoms with E-state index in [-0.39, 0.29) is 16.5 Å². The lowest BCUT2D eigenvalue weighted by molar-refractivity contribution is -0.138. The smallest absolute Gasteiger partial charge is 0.323 e. The zero-order valence-corrected chi connectivity index (χ0v) is 21.1. The average molecular weight is 543 g/mol. The highest BCUT2D eigenvalue weighted by molar-refractivity contribution is 7.89. The summed E-state index contributed by atoms with van der Waals surface area (Å²) in [6.07, 6.45) is 4.80. The van der Waals surface area contributed by atoms with E-state index < -0.39 is 40.3 Å². The van der Waals surface area contributed by atoms with Gasteiger partial charge in [0.1, 0.15) is 11.9 Å². The van der Waals surface area contributed by atoms with E-state index in [1.54, 1.807) is 24.5 Å². The summed E-state index contributed by atoms with van der Waals surface area (Å²) >= 11 is 0. The van der Waals surface area contributed by atoms with Crippen molar-refractivity contribution in [1.29, 1.82) is 0 Å². The van der Waals surface area contributed by atoms with Crippen molar-refractivity contribution < 1.29 is 27.5 Å². The maximum atomic E-state index is 14.9. The summed E-state index contributed by atoms with van der Waals surface area (Å²) in [5.41, 5.74) is 0.342. The van der Waals surface area contributed by atoms with Crippen LogP contribution in [-0.2, 0) is 14.8 Å². The summed E-state index contributed by atoms with van der Waals surface area (Å²) in [5, 5.41) is 15.1. The molecule has 1 aromatic heterocycles. The van der Waals surface area contributed by atoms with E-state index >= 15 is 0 Å². The molecule has 200 valence electrons. The van der Waals surface area contributed by atoms with Gasteiger partial charge >= 0.3 is 5.97 Å². The molecule has 11 nitrogen and oxygen atoms in total. The Kier molecular flexibility index (Phi) is 8.48. The quantitative estimate of drug-likeness (QED) is 0.301. The van der Waals surface area contributed by atoms with Crippen molar-refractivity contribution in [2.45, 2.75) is 29.8 Å². The number of nitrogens with zero attached hydrogens (tertiary/aromatic N) is 3. The number of halogens is 1. The minimum atomic E-state index is -4.12. The van der Waals surface area contributed by atoms with Crippen molar-refractivity contribution in [3.05, 3.63) is 78.4 Å². The van der Waals surface area contributed by atoms with Crippen LogP contribution in [0.5, 0.6) is 0 Å². The number of aromatic nitrogens is 2. The number of hydrogen-bond acceptors (Lipinski definition) is 8. The first kappa shape index (κ1) is 26.9. The van der Waals surface area contributed by atoms with Crippen molar-refractivity contribution >= 4 is 33.5 Å². The molecule has 1 fully saturated rings. The number of carbonyl (C=O) groups is 2. The molecule has 13 heteroatoms. The van der Waals surface area contributed by atoms with Gasteiger partial charge in [0.2, 0.25) is 16.0 Å². The van der Waals surface area contributed by atoms with Crippen LogP contribution in [-0.4, -0.2) is 67.1 Å². The molecule has 4 rings (SSSR count). The zero-order valence-electron chi connectivity index (χ0n) is 20.2. The highest BCUT2D eigenvalue weighted by atomic mass is 32.2. The molecule has 38 heavy (non-hydrogen) atoms. The number of carboxylic acid groups (broad SMARTS) is 1. The van der Waals surface area contributed by atoms with Crippen LogP contribution in [0.3, 0.4) is 0 Å². The Bertz CT molecular complexity index is 1370. The Morgan fingerprint density at radius 1 is 1.05 bits per heavy atom. The van der Waals surface area contributed by atoms with Crippen LogP contribution < -0.4 is 20.3 Å². The highest BCUT2D eigenvalue weighted by Crippen LogP contribution is 2.25. The second-order valence-corrected chi connectivity index (χ2v) is 10.4. The molecule has 0 saturated carbocycles. The van der Waals surface area contributed by atoms with Gasteiger partial charge in [0, 0.05) is 43.6 Å². The number of nitrogens with one attached hydrogen (secondary N) is 3. The molecular formula is C25H27FN6O5S. The molecule has 1 saturated heterocycles. The second-order valence-electron chi connectivity index (χ2n) is 8.68. The molecule has 0 bridgehead atoms. The van der Waals surface area contributed by atoms with Crippen LogP contribution in [0, 0.1) is 5.82 Å².